The van der Waals surface area contributed by atoms with Crippen molar-refractivity contribution in [3.05, 3.63) is 35.4 Å². The number of amides is 1. The molecular weight excluding hydrogens is 220 g/mol. The van der Waals surface area contributed by atoms with Gasteiger partial charge >= 0.3 is 6.09 Å². The van der Waals surface area contributed by atoms with Gasteiger partial charge < -0.3 is 15.6 Å². The maximum Gasteiger partial charge on any atom is 0.404 e. The maximum atomic E-state index is 12.8. The number of hydrogen-bond acceptors (Lipinski definition) is 3. The van der Waals surface area contributed by atoms with Gasteiger partial charge in [-0.15, -0.1) is 0 Å². The molecule has 0 aliphatic carbocycles. The minimum atomic E-state index is -1.26. The highest BCUT2D eigenvalue weighted by Gasteiger charge is 2.20. The van der Waals surface area contributed by atoms with Gasteiger partial charge in [-0.2, -0.15) is 0 Å². The van der Waals surface area contributed by atoms with Crippen LogP contribution in [0, 0.1) is 11.6 Å². The van der Waals surface area contributed by atoms with Crippen molar-refractivity contribution in [2.24, 2.45) is 5.73 Å². The van der Waals surface area contributed by atoms with E-state index < -0.39 is 29.9 Å². The van der Waals surface area contributed by atoms with Crippen LogP contribution in [0.4, 0.5) is 13.6 Å². The second kappa shape index (κ2) is 4.89. The number of hydrogen-bond donors (Lipinski definition) is 2. The number of halogens is 2. The summed E-state index contributed by atoms with van der Waals surface area (Å²) < 4.78 is 30.0. The van der Waals surface area contributed by atoms with Crippen LogP contribution in [0.15, 0.2) is 18.2 Å². The lowest BCUT2D eigenvalue weighted by atomic mass is 10.1. The fourth-order valence-corrected chi connectivity index (χ4v) is 1.22. The van der Waals surface area contributed by atoms with Crippen molar-refractivity contribution in [3.8, 4) is 0 Å². The first-order valence-corrected chi connectivity index (χ1v) is 4.51. The third kappa shape index (κ3) is 2.90. The van der Waals surface area contributed by atoms with E-state index in [9.17, 15) is 18.7 Å². The van der Waals surface area contributed by atoms with Gasteiger partial charge in [0, 0.05) is 0 Å². The largest absolute Gasteiger partial charge is 0.444 e. The van der Waals surface area contributed by atoms with Crippen LogP contribution in [0.3, 0.4) is 0 Å². The summed E-state index contributed by atoms with van der Waals surface area (Å²) in [4.78, 5) is 10.4. The highest BCUT2D eigenvalue weighted by atomic mass is 19.2. The van der Waals surface area contributed by atoms with Crippen molar-refractivity contribution >= 4 is 6.09 Å². The van der Waals surface area contributed by atoms with E-state index >= 15 is 0 Å². The van der Waals surface area contributed by atoms with Crippen LogP contribution in [0.2, 0.25) is 0 Å². The number of primary amides is 1. The van der Waals surface area contributed by atoms with Gasteiger partial charge in [0.25, 0.3) is 0 Å². The number of nitrogens with two attached hydrogens (primary N) is 1. The minimum Gasteiger partial charge on any atom is -0.444 e. The van der Waals surface area contributed by atoms with E-state index in [1.54, 1.807) is 0 Å². The van der Waals surface area contributed by atoms with Crippen molar-refractivity contribution in [1.29, 1.82) is 0 Å². The molecule has 0 bridgehead atoms. The molecule has 1 aromatic rings. The lowest BCUT2D eigenvalue weighted by Gasteiger charge is -2.18. The van der Waals surface area contributed by atoms with E-state index in [-0.39, 0.29) is 5.56 Å². The zero-order valence-corrected chi connectivity index (χ0v) is 8.48. The van der Waals surface area contributed by atoms with Crippen LogP contribution in [0.25, 0.3) is 0 Å². The Balaban J connectivity index is 2.83. The maximum absolute atomic E-state index is 12.8. The summed E-state index contributed by atoms with van der Waals surface area (Å²) in [5.74, 6) is -2.10. The zero-order chi connectivity index (χ0) is 12.3. The summed E-state index contributed by atoms with van der Waals surface area (Å²) >= 11 is 0. The Kier molecular flexibility index (Phi) is 3.78. The zero-order valence-electron chi connectivity index (χ0n) is 8.48. The molecule has 6 heteroatoms. The molecule has 88 valence electrons. The molecule has 0 radical (unpaired) electrons. The second-order valence-electron chi connectivity index (χ2n) is 3.26. The number of rotatable bonds is 3. The lowest BCUT2D eigenvalue weighted by Crippen LogP contribution is -2.25. The smallest absolute Gasteiger partial charge is 0.404 e. The monoisotopic (exact) mass is 231 g/mol. The summed E-state index contributed by atoms with van der Waals surface area (Å²) in [6.07, 6.45) is -3.25. The van der Waals surface area contributed by atoms with Gasteiger partial charge in [0.2, 0.25) is 0 Å². The summed E-state index contributed by atoms with van der Waals surface area (Å²) in [5.41, 5.74) is 4.86. The van der Waals surface area contributed by atoms with E-state index in [0.717, 1.165) is 12.1 Å². The molecule has 4 nitrogen and oxygen atoms in total. The summed E-state index contributed by atoms with van der Waals surface area (Å²) in [6, 6.07) is 2.91. The van der Waals surface area contributed by atoms with Gasteiger partial charge in [-0.25, -0.2) is 13.6 Å². The molecule has 0 saturated heterocycles. The minimum absolute atomic E-state index is 0.104. The Morgan fingerprint density at radius 2 is 2.06 bits per heavy atom. The van der Waals surface area contributed by atoms with E-state index in [1.165, 1.54) is 13.0 Å². The molecule has 2 atom stereocenters. The fourth-order valence-electron chi connectivity index (χ4n) is 1.22. The highest BCUT2D eigenvalue weighted by molar-refractivity contribution is 5.64. The molecule has 3 N–H and O–H groups in total. The topological polar surface area (TPSA) is 72.5 Å². The predicted molar refractivity (Wildman–Crippen MR) is 51.4 cm³/mol. The summed E-state index contributed by atoms with van der Waals surface area (Å²) in [6.45, 7) is 1.39. The van der Waals surface area contributed by atoms with E-state index in [2.05, 4.69) is 4.74 Å². The number of carbonyl (C=O) groups is 1. The molecule has 0 saturated carbocycles. The third-order valence-corrected chi connectivity index (χ3v) is 2.03. The molecule has 1 aromatic carbocycles. The van der Waals surface area contributed by atoms with Crippen LogP contribution >= 0.6 is 0 Å². The molecule has 1 amide bonds. The molecule has 0 spiro atoms. The van der Waals surface area contributed by atoms with Gasteiger partial charge in [-0.3, -0.25) is 0 Å². The number of ether oxygens (including phenoxy) is 1. The first-order valence-electron chi connectivity index (χ1n) is 4.51. The highest BCUT2D eigenvalue weighted by Crippen LogP contribution is 2.20. The Morgan fingerprint density at radius 1 is 1.44 bits per heavy atom. The van der Waals surface area contributed by atoms with Crippen molar-refractivity contribution < 1.29 is 23.4 Å². The number of aliphatic hydroxyl groups excluding tert-OH is 1. The standard InChI is InChI=1S/C10H11F2NO3/c1-5(16-10(13)15)9(14)6-2-3-7(11)8(12)4-6/h2-5,9,14H,1H3,(H2,13,15)/t5-,9+/m0/s1. The van der Waals surface area contributed by atoms with E-state index in [0.29, 0.717) is 0 Å². The first kappa shape index (κ1) is 12.4. The van der Waals surface area contributed by atoms with Crippen LogP contribution in [0.1, 0.15) is 18.6 Å². The van der Waals surface area contributed by atoms with Gasteiger partial charge in [0.1, 0.15) is 12.2 Å². The van der Waals surface area contributed by atoms with Crippen molar-refractivity contribution in [3.63, 3.8) is 0 Å². The Bertz CT molecular complexity index is 398. The number of carbonyl (C=O) groups excluding carboxylic acids is 1. The third-order valence-electron chi connectivity index (χ3n) is 2.03. The quantitative estimate of drug-likeness (QED) is 0.827. The van der Waals surface area contributed by atoms with Crippen LogP contribution in [0.5, 0.6) is 0 Å². The normalized spacial score (nSPS) is 14.2. The molecule has 0 aliphatic rings. The molecule has 16 heavy (non-hydrogen) atoms. The Morgan fingerprint density at radius 3 is 2.56 bits per heavy atom. The van der Waals surface area contributed by atoms with Crippen LogP contribution < -0.4 is 5.73 Å². The van der Waals surface area contributed by atoms with Crippen LogP contribution in [-0.2, 0) is 4.74 Å². The average Bonchev–Trinajstić information content (AvgIpc) is 2.20. The van der Waals surface area contributed by atoms with Gasteiger partial charge in [0.05, 0.1) is 0 Å². The van der Waals surface area contributed by atoms with E-state index in [1.807, 2.05) is 0 Å². The first-order chi connectivity index (χ1) is 7.41. The predicted octanol–water partition coefficient (Wildman–Crippen LogP) is 1.48. The van der Waals surface area contributed by atoms with Crippen LogP contribution in [-0.4, -0.2) is 17.3 Å². The molecule has 0 aliphatic heterocycles. The number of aliphatic hydroxyl groups is 1. The second-order valence-corrected chi connectivity index (χ2v) is 3.26. The van der Waals surface area contributed by atoms with Gasteiger partial charge in [0.15, 0.2) is 11.6 Å². The summed E-state index contributed by atoms with van der Waals surface area (Å²) in [5, 5.41) is 9.63. The molecule has 1 rings (SSSR count). The Labute approximate surface area is 90.6 Å². The van der Waals surface area contributed by atoms with Gasteiger partial charge in [-0.1, -0.05) is 6.07 Å². The molecule has 0 heterocycles. The average molecular weight is 231 g/mol. The van der Waals surface area contributed by atoms with Crippen molar-refractivity contribution in [1.82, 2.24) is 0 Å². The molecule has 0 fully saturated rings. The fraction of sp³-hybridized carbons (Fsp3) is 0.300. The van der Waals surface area contributed by atoms with Gasteiger partial charge in [-0.05, 0) is 24.6 Å². The Hall–Kier alpha value is -1.69. The van der Waals surface area contributed by atoms with Crippen molar-refractivity contribution in [2.75, 3.05) is 0 Å². The molecule has 0 aromatic heterocycles. The molecule has 0 unspecified atom stereocenters. The van der Waals surface area contributed by atoms with E-state index in [4.69, 9.17) is 5.73 Å². The SMILES string of the molecule is C[C@H](OC(N)=O)[C@@H](O)c1ccc(F)c(F)c1. The molecular formula is C10H11F2NO3. The number of benzene rings is 1. The van der Waals surface area contributed by atoms with Crippen molar-refractivity contribution in [2.45, 2.75) is 19.1 Å². The summed E-state index contributed by atoms with van der Waals surface area (Å²) in [7, 11) is 0. The lowest BCUT2D eigenvalue weighted by molar-refractivity contribution is 0.0156.